The number of aromatic nitrogens is 5. The van der Waals surface area contributed by atoms with Gasteiger partial charge in [0, 0.05) is 24.2 Å². The number of hydrogen-bond donors (Lipinski definition) is 1. The van der Waals surface area contributed by atoms with Gasteiger partial charge >= 0.3 is 0 Å². The second-order valence-corrected chi connectivity index (χ2v) is 11.0. The van der Waals surface area contributed by atoms with Crippen molar-refractivity contribution >= 4 is 10.9 Å². The van der Waals surface area contributed by atoms with E-state index < -0.39 is 6.04 Å². The van der Waals surface area contributed by atoms with Crippen LogP contribution >= 0.6 is 0 Å². The summed E-state index contributed by atoms with van der Waals surface area (Å²) in [6, 6.07) is 29.0. The molecule has 1 aliphatic rings. The van der Waals surface area contributed by atoms with Gasteiger partial charge < -0.3 is 4.98 Å². The van der Waals surface area contributed by atoms with Crippen molar-refractivity contribution in [1.29, 1.82) is 0 Å². The van der Waals surface area contributed by atoms with Gasteiger partial charge in [0.2, 0.25) is 0 Å². The zero-order valence-electron chi connectivity index (χ0n) is 23.0. The second kappa shape index (κ2) is 12.0. The quantitative estimate of drug-likeness (QED) is 0.246. The maximum Gasteiger partial charge on any atom is 0.253 e. The monoisotopic (exact) mass is 532 g/mol. The van der Waals surface area contributed by atoms with Crippen LogP contribution in [0.4, 0.5) is 0 Å². The van der Waals surface area contributed by atoms with Crippen LogP contribution < -0.4 is 5.56 Å². The first-order valence-corrected chi connectivity index (χ1v) is 14.4. The largest absolute Gasteiger partial charge is 0.322 e. The fourth-order valence-electron chi connectivity index (χ4n) is 6.05. The Balaban J connectivity index is 1.49. The molecule has 5 aromatic rings. The third-order valence-corrected chi connectivity index (χ3v) is 8.13. The number of aryl methyl sites for hydroxylation is 1. The van der Waals surface area contributed by atoms with E-state index in [-0.39, 0.29) is 11.6 Å². The van der Waals surface area contributed by atoms with Gasteiger partial charge in [0.25, 0.3) is 5.56 Å². The first-order valence-electron chi connectivity index (χ1n) is 14.4. The topological polar surface area (TPSA) is 79.7 Å². The molecule has 6 rings (SSSR count). The van der Waals surface area contributed by atoms with Crippen molar-refractivity contribution in [3.05, 3.63) is 123 Å². The third kappa shape index (κ3) is 5.75. The summed E-state index contributed by atoms with van der Waals surface area (Å²) in [6.07, 6.45) is 6.55. The summed E-state index contributed by atoms with van der Waals surface area (Å²) in [5, 5.41) is 14.3. The van der Waals surface area contributed by atoms with E-state index in [4.69, 9.17) is 0 Å². The molecule has 2 heterocycles. The SMILES string of the molecule is Cc1ccc2[nH]c(=O)c(C(c3nnnn3C3CCCCC3)N(CCc3ccccc3)Cc3ccccc3)cc2c1. The molecule has 0 amide bonds. The van der Waals surface area contributed by atoms with Crippen molar-refractivity contribution in [1.82, 2.24) is 30.1 Å². The lowest BCUT2D eigenvalue weighted by Gasteiger charge is -2.33. The molecule has 3 aromatic carbocycles. The number of pyridine rings is 1. The zero-order chi connectivity index (χ0) is 27.3. The molecule has 1 saturated carbocycles. The molecule has 0 radical (unpaired) electrons. The van der Waals surface area contributed by atoms with Crippen molar-refractivity contribution in [2.24, 2.45) is 0 Å². The maximum absolute atomic E-state index is 13.8. The Kier molecular flexibility index (Phi) is 7.82. The summed E-state index contributed by atoms with van der Waals surface area (Å²) < 4.78 is 2.02. The summed E-state index contributed by atoms with van der Waals surface area (Å²) in [6.45, 7) is 3.49. The molecule has 40 heavy (non-hydrogen) atoms. The van der Waals surface area contributed by atoms with Gasteiger partial charge in [-0.1, -0.05) is 91.6 Å². The van der Waals surface area contributed by atoms with Crippen molar-refractivity contribution in [3.8, 4) is 0 Å². The average Bonchev–Trinajstić information content (AvgIpc) is 3.47. The number of benzene rings is 3. The van der Waals surface area contributed by atoms with E-state index in [1.165, 1.54) is 30.4 Å². The van der Waals surface area contributed by atoms with Crippen LogP contribution in [0.15, 0.2) is 89.7 Å². The summed E-state index contributed by atoms with van der Waals surface area (Å²) in [7, 11) is 0. The third-order valence-electron chi connectivity index (χ3n) is 8.13. The van der Waals surface area contributed by atoms with E-state index >= 15 is 0 Å². The van der Waals surface area contributed by atoms with Gasteiger partial charge in [-0.15, -0.1) is 5.10 Å². The summed E-state index contributed by atoms with van der Waals surface area (Å²) in [5.74, 6) is 0.744. The van der Waals surface area contributed by atoms with Crippen LogP contribution in [0.25, 0.3) is 10.9 Å². The lowest BCUT2D eigenvalue weighted by atomic mass is 9.95. The van der Waals surface area contributed by atoms with Gasteiger partial charge in [-0.05, 0) is 71.3 Å². The van der Waals surface area contributed by atoms with Gasteiger partial charge in [-0.25, -0.2) is 4.68 Å². The maximum atomic E-state index is 13.8. The Bertz CT molecular complexity index is 1600. The minimum Gasteiger partial charge on any atom is -0.322 e. The molecule has 7 heteroatoms. The van der Waals surface area contributed by atoms with E-state index in [9.17, 15) is 4.79 Å². The number of rotatable bonds is 9. The summed E-state index contributed by atoms with van der Waals surface area (Å²) in [5.41, 5.74) is 5.01. The highest BCUT2D eigenvalue weighted by atomic mass is 16.1. The van der Waals surface area contributed by atoms with E-state index in [0.717, 1.165) is 48.1 Å². The van der Waals surface area contributed by atoms with Crippen molar-refractivity contribution in [2.75, 3.05) is 6.54 Å². The van der Waals surface area contributed by atoms with Crippen LogP contribution in [-0.2, 0) is 13.0 Å². The first kappa shape index (κ1) is 26.1. The number of fused-ring (bicyclic) bond motifs is 1. The minimum absolute atomic E-state index is 0.0997. The number of nitrogens with zero attached hydrogens (tertiary/aromatic N) is 5. The number of aromatic amines is 1. The molecule has 0 aliphatic heterocycles. The number of H-pyrrole nitrogens is 1. The van der Waals surface area contributed by atoms with Crippen molar-refractivity contribution < 1.29 is 0 Å². The van der Waals surface area contributed by atoms with Gasteiger partial charge in [-0.2, -0.15) is 0 Å². The number of nitrogens with one attached hydrogen (secondary N) is 1. The highest BCUT2D eigenvalue weighted by Gasteiger charge is 2.33. The average molecular weight is 533 g/mol. The molecule has 0 saturated heterocycles. The Morgan fingerprint density at radius 3 is 2.40 bits per heavy atom. The minimum atomic E-state index is -0.408. The van der Waals surface area contributed by atoms with Crippen LogP contribution in [0.3, 0.4) is 0 Å². The Hall–Kier alpha value is -4.10. The summed E-state index contributed by atoms with van der Waals surface area (Å²) >= 11 is 0. The fourth-order valence-corrected chi connectivity index (χ4v) is 6.05. The van der Waals surface area contributed by atoms with E-state index in [0.29, 0.717) is 12.1 Å². The van der Waals surface area contributed by atoms with Gasteiger partial charge in [0.1, 0.15) is 6.04 Å². The standard InChI is InChI=1S/C33H36N6O/c1-24-17-18-30-27(21-24)22-29(33(40)34-30)31(32-35-36-37-39(32)28-15-9-4-10-16-28)38(23-26-13-7-3-8-14-26)20-19-25-11-5-2-6-12-25/h2-3,5-8,11-14,17-18,21-22,28,31H,4,9-10,15-16,19-20,23H2,1H3,(H,34,40). The highest BCUT2D eigenvalue weighted by Crippen LogP contribution is 2.34. The lowest BCUT2D eigenvalue weighted by molar-refractivity contribution is 0.197. The van der Waals surface area contributed by atoms with Crippen molar-refractivity contribution in [2.45, 2.75) is 64.1 Å². The van der Waals surface area contributed by atoms with Crippen LogP contribution in [0.5, 0.6) is 0 Å². The lowest BCUT2D eigenvalue weighted by Crippen LogP contribution is -2.37. The van der Waals surface area contributed by atoms with Crippen LogP contribution in [0, 0.1) is 6.92 Å². The smallest absolute Gasteiger partial charge is 0.253 e. The molecule has 0 bridgehead atoms. The molecule has 1 fully saturated rings. The summed E-state index contributed by atoms with van der Waals surface area (Å²) in [4.78, 5) is 19.3. The highest BCUT2D eigenvalue weighted by molar-refractivity contribution is 5.79. The predicted octanol–water partition coefficient (Wildman–Crippen LogP) is 6.16. The zero-order valence-corrected chi connectivity index (χ0v) is 23.0. The Morgan fingerprint density at radius 2 is 1.65 bits per heavy atom. The molecule has 1 aliphatic carbocycles. The molecule has 204 valence electrons. The van der Waals surface area contributed by atoms with E-state index in [2.05, 4.69) is 86.9 Å². The molecule has 7 nitrogen and oxygen atoms in total. The molecule has 1 N–H and O–H groups in total. The van der Waals surface area contributed by atoms with Gasteiger partial charge in [0.15, 0.2) is 5.82 Å². The Labute approximate surface area is 234 Å². The predicted molar refractivity (Wildman–Crippen MR) is 158 cm³/mol. The molecule has 2 aromatic heterocycles. The van der Waals surface area contributed by atoms with E-state index in [1.807, 2.05) is 35.0 Å². The number of tetrazole rings is 1. The normalized spacial score (nSPS) is 15.1. The molecular formula is C33H36N6O. The van der Waals surface area contributed by atoms with Crippen LogP contribution in [-0.4, -0.2) is 36.6 Å². The second-order valence-electron chi connectivity index (χ2n) is 11.0. The molecule has 1 unspecified atom stereocenters. The van der Waals surface area contributed by atoms with E-state index in [1.54, 1.807) is 0 Å². The molecule has 0 spiro atoms. The van der Waals surface area contributed by atoms with Gasteiger partial charge in [0.05, 0.1) is 6.04 Å². The van der Waals surface area contributed by atoms with Crippen LogP contribution in [0.1, 0.15) is 72.3 Å². The fraction of sp³-hybridized carbons (Fsp3) is 0.333. The first-order chi connectivity index (χ1) is 19.7. The molecule has 1 atom stereocenters. The van der Waals surface area contributed by atoms with Crippen molar-refractivity contribution in [3.63, 3.8) is 0 Å². The molecular weight excluding hydrogens is 496 g/mol. The van der Waals surface area contributed by atoms with Crippen LogP contribution in [0.2, 0.25) is 0 Å². The van der Waals surface area contributed by atoms with Gasteiger partial charge in [-0.3, -0.25) is 9.69 Å². The number of hydrogen-bond acceptors (Lipinski definition) is 5. The Morgan fingerprint density at radius 1 is 0.925 bits per heavy atom.